The number of halogens is 3. The molecule has 0 aliphatic carbocycles. The van der Waals surface area contributed by atoms with Crippen LogP contribution >= 0.6 is 0 Å². The van der Waals surface area contributed by atoms with Gasteiger partial charge in [-0.1, -0.05) is 31.5 Å². The van der Waals surface area contributed by atoms with Crippen molar-refractivity contribution in [2.75, 3.05) is 19.7 Å². The maximum Gasteiger partial charge on any atom is 0.422 e. The Morgan fingerprint density at radius 3 is 2.57 bits per heavy atom. The van der Waals surface area contributed by atoms with Crippen LogP contribution in [0, 0.1) is 0 Å². The SMILES string of the molecule is CCCCNC(=NCc1ccccc1OCC(F)(F)F)NCC. The summed E-state index contributed by atoms with van der Waals surface area (Å²) in [6.07, 6.45) is -2.26. The van der Waals surface area contributed by atoms with E-state index in [2.05, 4.69) is 22.5 Å². The van der Waals surface area contributed by atoms with E-state index in [0.29, 0.717) is 18.1 Å². The quantitative estimate of drug-likeness (QED) is 0.435. The minimum absolute atomic E-state index is 0.206. The summed E-state index contributed by atoms with van der Waals surface area (Å²) in [6, 6.07) is 6.63. The van der Waals surface area contributed by atoms with Gasteiger partial charge < -0.3 is 15.4 Å². The van der Waals surface area contributed by atoms with Crippen LogP contribution in [0.2, 0.25) is 0 Å². The van der Waals surface area contributed by atoms with Gasteiger partial charge in [-0.3, -0.25) is 0 Å². The number of nitrogens with one attached hydrogen (secondary N) is 2. The highest BCUT2D eigenvalue weighted by Crippen LogP contribution is 2.22. The third-order valence-electron chi connectivity index (χ3n) is 2.94. The highest BCUT2D eigenvalue weighted by molar-refractivity contribution is 5.79. The summed E-state index contributed by atoms with van der Waals surface area (Å²) >= 11 is 0. The van der Waals surface area contributed by atoms with Crippen LogP contribution in [0.1, 0.15) is 32.3 Å². The number of aliphatic imine (C=N–C) groups is 1. The molecule has 7 heteroatoms. The normalized spacial score (nSPS) is 12.1. The number of para-hydroxylation sites is 1. The van der Waals surface area contributed by atoms with E-state index in [1.54, 1.807) is 18.2 Å². The van der Waals surface area contributed by atoms with Crippen LogP contribution in [0.25, 0.3) is 0 Å². The number of rotatable bonds is 8. The molecule has 0 bridgehead atoms. The van der Waals surface area contributed by atoms with E-state index >= 15 is 0 Å². The van der Waals surface area contributed by atoms with E-state index in [4.69, 9.17) is 4.74 Å². The Kier molecular flexibility index (Phi) is 8.29. The van der Waals surface area contributed by atoms with Gasteiger partial charge in [-0.05, 0) is 19.4 Å². The average Bonchev–Trinajstić information content (AvgIpc) is 2.51. The molecule has 1 aromatic carbocycles. The lowest BCUT2D eigenvalue weighted by atomic mass is 10.2. The second-order valence-electron chi connectivity index (χ2n) is 4.99. The van der Waals surface area contributed by atoms with Gasteiger partial charge >= 0.3 is 6.18 Å². The maximum atomic E-state index is 12.3. The molecule has 0 aliphatic heterocycles. The van der Waals surface area contributed by atoms with Gasteiger partial charge in [0.25, 0.3) is 0 Å². The molecule has 0 saturated carbocycles. The lowest BCUT2D eigenvalue weighted by Gasteiger charge is -2.13. The van der Waals surface area contributed by atoms with Crippen molar-refractivity contribution in [1.29, 1.82) is 0 Å². The monoisotopic (exact) mass is 331 g/mol. The summed E-state index contributed by atoms with van der Waals surface area (Å²) in [4.78, 5) is 4.39. The molecular formula is C16H24F3N3O. The number of hydrogen-bond donors (Lipinski definition) is 2. The molecule has 2 N–H and O–H groups in total. The molecular weight excluding hydrogens is 307 g/mol. The highest BCUT2D eigenvalue weighted by Gasteiger charge is 2.28. The van der Waals surface area contributed by atoms with E-state index < -0.39 is 12.8 Å². The molecule has 23 heavy (non-hydrogen) atoms. The van der Waals surface area contributed by atoms with Gasteiger partial charge in [0.1, 0.15) is 5.75 Å². The number of ether oxygens (including phenoxy) is 1. The minimum atomic E-state index is -4.35. The Hall–Kier alpha value is -1.92. The largest absolute Gasteiger partial charge is 0.484 e. The van der Waals surface area contributed by atoms with E-state index in [-0.39, 0.29) is 12.3 Å². The van der Waals surface area contributed by atoms with Crippen molar-refractivity contribution in [3.05, 3.63) is 29.8 Å². The first kappa shape index (κ1) is 19.1. The Bertz CT molecular complexity index is 490. The summed E-state index contributed by atoms with van der Waals surface area (Å²) < 4.78 is 41.7. The maximum absolute atomic E-state index is 12.3. The number of alkyl halides is 3. The van der Waals surface area contributed by atoms with Gasteiger partial charge in [0.2, 0.25) is 0 Å². The molecule has 0 radical (unpaired) electrons. The second-order valence-corrected chi connectivity index (χ2v) is 4.99. The van der Waals surface area contributed by atoms with Crippen LogP contribution in [0.3, 0.4) is 0 Å². The van der Waals surface area contributed by atoms with Gasteiger partial charge in [0, 0.05) is 18.7 Å². The third kappa shape index (κ3) is 8.32. The standard InChI is InChI=1S/C16H24F3N3O/c1-3-5-10-21-15(20-4-2)22-11-13-8-6-7-9-14(13)23-12-16(17,18)19/h6-9H,3-5,10-12H2,1-2H3,(H2,20,21,22). The molecule has 0 heterocycles. The van der Waals surface area contributed by atoms with Gasteiger partial charge in [0.15, 0.2) is 12.6 Å². The zero-order chi connectivity index (χ0) is 17.1. The minimum Gasteiger partial charge on any atom is -0.484 e. The molecule has 0 aromatic heterocycles. The molecule has 0 unspecified atom stereocenters. The zero-order valence-electron chi connectivity index (χ0n) is 13.5. The van der Waals surface area contributed by atoms with Gasteiger partial charge in [-0.2, -0.15) is 13.2 Å². The van der Waals surface area contributed by atoms with Crippen molar-refractivity contribution in [2.45, 2.75) is 39.4 Å². The van der Waals surface area contributed by atoms with Gasteiger partial charge in [-0.25, -0.2) is 4.99 Å². The molecule has 0 atom stereocenters. The summed E-state index contributed by atoms with van der Waals surface area (Å²) in [5.41, 5.74) is 0.615. The number of nitrogens with zero attached hydrogens (tertiary/aromatic N) is 1. The molecule has 130 valence electrons. The fraction of sp³-hybridized carbons (Fsp3) is 0.562. The Morgan fingerprint density at radius 1 is 1.17 bits per heavy atom. The van der Waals surface area contributed by atoms with Crippen molar-refractivity contribution < 1.29 is 17.9 Å². The number of guanidine groups is 1. The van der Waals surface area contributed by atoms with E-state index in [9.17, 15) is 13.2 Å². The van der Waals surface area contributed by atoms with Crippen molar-refractivity contribution in [2.24, 2.45) is 4.99 Å². The topological polar surface area (TPSA) is 45.7 Å². The molecule has 0 amide bonds. The Balaban J connectivity index is 2.71. The summed E-state index contributed by atoms with van der Waals surface area (Å²) in [5, 5.41) is 6.29. The summed E-state index contributed by atoms with van der Waals surface area (Å²) in [7, 11) is 0. The van der Waals surface area contributed by atoms with Crippen molar-refractivity contribution >= 4 is 5.96 Å². The molecule has 4 nitrogen and oxygen atoms in total. The lowest BCUT2D eigenvalue weighted by Crippen LogP contribution is -2.37. The molecule has 0 fully saturated rings. The van der Waals surface area contributed by atoms with E-state index in [1.165, 1.54) is 6.07 Å². The number of unbranched alkanes of at least 4 members (excludes halogenated alkanes) is 1. The van der Waals surface area contributed by atoms with Crippen LogP contribution in [0.15, 0.2) is 29.3 Å². The Morgan fingerprint density at radius 2 is 1.91 bits per heavy atom. The van der Waals surface area contributed by atoms with E-state index in [1.807, 2.05) is 6.92 Å². The number of hydrogen-bond acceptors (Lipinski definition) is 2. The van der Waals surface area contributed by atoms with Crippen LogP contribution in [-0.4, -0.2) is 31.8 Å². The second kappa shape index (κ2) is 9.97. The van der Waals surface area contributed by atoms with Crippen molar-refractivity contribution in [3.8, 4) is 5.75 Å². The first-order valence-electron chi connectivity index (χ1n) is 7.76. The Labute approximate surface area is 135 Å². The molecule has 1 aromatic rings. The van der Waals surface area contributed by atoms with Gasteiger partial charge in [-0.15, -0.1) is 0 Å². The first-order chi connectivity index (χ1) is 11.0. The zero-order valence-corrected chi connectivity index (χ0v) is 13.5. The fourth-order valence-electron chi connectivity index (χ4n) is 1.82. The van der Waals surface area contributed by atoms with Gasteiger partial charge in [0.05, 0.1) is 6.54 Å². The number of benzene rings is 1. The van der Waals surface area contributed by atoms with Crippen molar-refractivity contribution in [3.63, 3.8) is 0 Å². The molecule has 0 saturated heterocycles. The van der Waals surface area contributed by atoms with Crippen LogP contribution < -0.4 is 15.4 Å². The molecule has 1 rings (SSSR count). The third-order valence-corrected chi connectivity index (χ3v) is 2.94. The predicted octanol–water partition coefficient (Wildman–Crippen LogP) is 3.48. The predicted molar refractivity (Wildman–Crippen MR) is 85.7 cm³/mol. The smallest absolute Gasteiger partial charge is 0.422 e. The first-order valence-corrected chi connectivity index (χ1v) is 7.76. The lowest BCUT2D eigenvalue weighted by molar-refractivity contribution is -0.153. The van der Waals surface area contributed by atoms with Crippen LogP contribution in [-0.2, 0) is 6.54 Å². The summed E-state index contributed by atoms with van der Waals surface area (Å²) in [6.45, 7) is 4.51. The molecule has 0 spiro atoms. The fourth-order valence-corrected chi connectivity index (χ4v) is 1.82. The molecule has 0 aliphatic rings. The van der Waals surface area contributed by atoms with Crippen molar-refractivity contribution in [1.82, 2.24) is 10.6 Å². The highest BCUT2D eigenvalue weighted by atomic mass is 19.4. The van der Waals surface area contributed by atoms with E-state index in [0.717, 1.165) is 19.4 Å². The average molecular weight is 331 g/mol. The van der Waals surface area contributed by atoms with Crippen LogP contribution in [0.4, 0.5) is 13.2 Å². The van der Waals surface area contributed by atoms with Crippen LogP contribution in [0.5, 0.6) is 5.75 Å². The summed E-state index contributed by atoms with van der Waals surface area (Å²) in [5.74, 6) is 0.851.